The number of aromatic nitrogens is 2. The first kappa shape index (κ1) is 22.6. The number of benzene rings is 2. The molecule has 7 nitrogen and oxygen atoms in total. The molecule has 7 heteroatoms. The summed E-state index contributed by atoms with van der Waals surface area (Å²) in [4.78, 5) is 34.4. The molecule has 1 saturated heterocycles. The van der Waals surface area contributed by atoms with Gasteiger partial charge in [0.1, 0.15) is 11.4 Å². The molecule has 1 aliphatic rings. The van der Waals surface area contributed by atoms with Crippen molar-refractivity contribution in [2.24, 2.45) is 13.0 Å². The van der Waals surface area contributed by atoms with Gasteiger partial charge in [-0.2, -0.15) is 0 Å². The van der Waals surface area contributed by atoms with Crippen LogP contribution in [0.25, 0.3) is 11.1 Å². The zero-order valence-electron chi connectivity index (χ0n) is 19.4. The Morgan fingerprint density at radius 1 is 1.09 bits per heavy atom. The molecule has 4 rings (SSSR count). The Balaban J connectivity index is 1.65. The molecular weight excluding hydrogens is 416 g/mol. The summed E-state index contributed by atoms with van der Waals surface area (Å²) in [5, 5.41) is 0. The van der Waals surface area contributed by atoms with Crippen molar-refractivity contribution < 1.29 is 14.3 Å². The Bertz CT molecular complexity index is 1140. The molecular formula is C26H30N4O3. The number of carbonyl (C=O) groups is 2. The normalized spacial score (nSPS) is 16.6. The predicted octanol–water partition coefficient (Wildman–Crippen LogP) is 3.26. The number of para-hydroxylation sites is 1. The Morgan fingerprint density at radius 3 is 2.52 bits per heavy atom. The number of imidazole rings is 1. The van der Waals surface area contributed by atoms with Crippen LogP contribution in [0.4, 0.5) is 0 Å². The number of carbonyl (C=O) groups excluding carboxylic acids is 2. The molecule has 33 heavy (non-hydrogen) atoms. The van der Waals surface area contributed by atoms with E-state index in [9.17, 15) is 9.59 Å². The quantitative estimate of drug-likeness (QED) is 0.583. The molecule has 0 saturated carbocycles. The highest BCUT2D eigenvalue weighted by Crippen LogP contribution is 2.33. The van der Waals surface area contributed by atoms with E-state index in [1.165, 1.54) is 0 Å². The molecule has 0 unspecified atom stereocenters. The molecule has 0 aliphatic carbocycles. The van der Waals surface area contributed by atoms with Crippen LogP contribution in [-0.4, -0.2) is 64.5 Å². The second-order valence-corrected chi connectivity index (χ2v) is 8.35. The number of likely N-dealkylation sites (N-methyl/N-ethyl adjacent to an activating group) is 1. The van der Waals surface area contributed by atoms with Crippen LogP contribution in [-0.2, 0) is 18.3 Å². The number of methoxy groups -OCH3 is 1. The monoisotopic (exact) mass is 446 g/mol. The van der Waals surface area contributed by atoms with Crippen LogP contribution in [0.5, 0.6) is 5.75 Å². The molecule has 1 aromatic heterocycles. The zero-order chi connectivity index (χ0) is 23.4. The smallest absolute Gasteiger partial charge is 0.274 e. The molecule has 0 spiro atoms. The molecule has 172 valence electrons. The average molecular weight is 447 g/mol. The average Bonchev–Trinajstić information content (AvgIpc) is 3.22. The van der Waals surface area contributed by atoms with Gasteiger partial charge in [0.15, 0.2) is 0 Å². The summed E-state index contributed by atoms with van der Waals surface area (Å²) in [5.41, 5.74) is 3.50. The lowest BCUT2D eigenvalue weighted by molar-refractivity contribution is -0.134. The van der Waals surface area contributed by atoms with Crippen LogP contribution in [0.15, 0.2) is 61.1 Å². The molecule has 1 atom stereocenters. The van der Waals surface area contributed by atoms with E-state index < -0.39 is 0 Å². The third-order valence-electron chi connectivity index (χ3n) is 6.22. The molecule has 2 amide bonds. The molecule has 0 N–H and O–H groups in total. The first-order chi connectivity index (χ1) is 16.0. The summed E-state index contributed by atoms with van der Waals surface area (Å²) in [6.07, 6.45) is 3.88. The Morgan fingerprint density at radius 2 is 1.82 bits per heavy atom. The van der Waals surface area contributed by atoms with Crippen molar-refractivity contribution in [1.29, 1.82) is 0 Å². The lowest BCUT2D eigenvalue weighted by Gasteiger charge is -2.24. The van der Waals surface area contributed by atoms with Gasteiger partial charge in [0, 0.05) is 45.0 Å². The molecule has 2 aromatic carbocycles. The van der Waals surface area contributed by atoms with Gasteiger partial charge in [-0.05, 0) is 30.5 Å². The zero-order valence-corrected chi connectivity index (χ0v) is 19.4. The van der Waals surface area contributed by atoms with Gasteiger partial charge < -0.3 is 19.1 Å². The fourth-order valence-corrected chi connectivity index (χ4v) is 4.47. The van der Waals surface area contributed by atoms with E-state index in [0.717, 1.165) is 22.4 Å². The van der Waals surface area contributed by atoms with Crippen LogP contribution in [0.2, 0.25) is 0 Å². The number of hydrogen-bond acceptors (Lipinski definition) is 4. The third kappa shape index (κ3) is 4.77. The van der Waals surface area contributed by atoms with Gasteiger partial charge in [0.2, 0.25) is 5.91 Å². The van der Waals surface area contributed by atoms with E-state index in [2.05, 4.69) is 17.1 Å². The first-order valence-electron chi connectivity index (χ1n) is 11.3. The highest BCUT2D eigenvalue weighted by Gasteiger charge is 2.33. The second kappa shape index (κ2) is 9.90. The van der Waals surface area contributed by atoms with Crippen molar-refractivity contribution >= 4 is 11.8 Å². The first-order valence-corrected chi connectivity index (χ1v) is 11.3. The summed E-state index contributed by atoms with van der Waals surface area (Å²) in [5.74, 6) is 0.406. The van der Waals surface area contributed by atoms with Crippen LogP contribution >= 0.6 is 0 Å². The SMILES string of the molecule is CCN1CCN(C(=O)c2cn(C)cn2)C[C@@H](Cc2ccccc2-c2ccccc2OC)C1=O. The van der Waals surface area contributed by atoms with Gasteiger partial charge in [-0.15, -0.1) is 0 Å². The summed E-state index contributed by atoms with van der Waals surface area (Å²) in [6.45, 7) is 3.99. The molecule has 1 aliphatic heterocycles. The number of nitrogens with zero attached hydrogens (tertiary/aromatic N) is 4. The van der Waals surface area contributed by atoms with Gasteiger partial charge in [0.25, 0.3) is 5.91 Å². The molecule has 0 radical (unpaired) electrons. The standard InChI is InChI=1S/C26H30N4O3/c1-4-29-13-14-30(26(32)23-17-28(2)18-27-23)16-20(25(29)31)15-19-9-5-6-10-21(19)22-11-7-8-12-24(22)33-3/h5-12,17-18,20H,4,13-16H2,1-3H3/t20-/m1/s1. The maximum Gasteiger partial charge on any atom is 0.274 e. The van der Waals surface area contributed by atoms with Gasteiger partial charge in [-0.3, -0.25) is 9.59 Å². The largest absolute Gasteiger partial charge is 0.496 e. The second-order valence-electron chi connectivity index (χ2n) is 8.35. The van der Waals surface area contributed by atoms with Crippen molar-refractivity contribution in [1.82, 2.24) is 19.4 Å². The predicted molar refractivity (Wildman–Crippen MR) is 127 cm³/mol. The summed E-state index contributed by atoms with van der Waals surface area (Å²) < 4.78 is 7.34. The van der Waals surface area contributed by atoms with Crippen molar-refractivity contribution in [2.45, 2.75) is 13.3 Å². The summed E-state index contributed by atoms with van der Waals surface area (Å²) >= 11 is 0. The van der Waals surface area contributed by atoms with Crippen LogP contribution in [0.3, 0.4) is 0 Å². The van der Waals surface area contributed by atoms with Crippen molar-refractivity contribution in [2.75, 3.05) is 33.3 Å². The minimum Gasteiger partial charge on any atom is -0.496 e. The Kier molecular flexibility index (Phi) is 6.77. The van der Waals surface area contributed by atoms with E-state index in [1.807, 2.05) is 55.3 Å². The van der Waals surface area contributed by atoms with E-state index in [0.29, 0.717) is 38.3 Å². The number of hydrogen-bond donors (Lipinski definition) is 0. The van der Waals surface area contributed by atoms with Crippen LogP contribution in [0.1, 0.15) is 23.0 Å². The Hall–Kier alpha value is -3.61. The number of aryl methyl sites for hydroxylation is 1. The number of rotatable bonds is 6. The minimum absolute atomic E-state index is 0.0867. The van der Waals surface area contributed by atoms with Crippen LogP contribution in [0, 0.1) is 5.92 Å². The summed E-state index contributed by atoms with van der Waals surface area (Å²) in [7, 11) is 3.50. The van der Waals surface area contributed by atoms with Crippen molar-refractivity contribution in [3.05, 3.63) is 72.3 Å². The van der Waals surface area contributed by atoms with Gasteiger partial charge in [-0.1, -0.05) is 42.5 Å². The van der Waals surface area contributed by atoms with Crippen molar-refractivity contribution in [3.8, 4) is 16.9 Å². The molecule has 1 fully saturated rings. The highest BCUT2D eigenvalue weighted by atomic mass is 16.5. The molecule has 3 aromatic rings. The van der Waals surface area contributed by atoms with E-state index in [4.69, 9.17) is 4.74 Å². The van der Waals surface area contributed by atoms with Gasteiger partial charge in [-0.25, -0.2) is 4.98 Å². The van der Waals surface area contributed by atoms with Crippen molar-refractivity contribution in [3.63, 3.8) is 0 Å². The Labute approximate surface area is 194 Å². The van der Waals surface area contributed by atoms with Crippen LogP contribution < -0.4 is 4.74 Å². The maximum absolute atomic E-state index is 13.4. The van der Waals surface area contributed by atoms with E-state index >= 15 is 0 Å². The topological polar surface area (TPSA) is 67.7 Å². The lowest BCUT2D eigenvalue weighted by Crippen LogP contribution is -2.38. The molecule has 0 bridgehead atoms. The fourth-order valence-electron chi connectivity index (χ4n) is 4.47. The minimum atomic E-state index is -0.337. The maximum atomic E-state index is 13.4. The summed E-state index contributed by atoms with van der Waals surface area (Å²) in [6, 6.07) is 16.0. The van der Waals surface area contributed by atoms with E-state index in [-0.39, 0.29) is 17.7 Å². The number of ether oxygens (including phenoxy) is 1. The fraction of sp³-hybridized carbons (Fsp3) is 0.346. The van der Waals surface area contributed by atoms with Gasteiger partial charge in [0.05, 0.1) is 19.4 Å². The lowest BCUT2D eigenvalue weighted by atomic mass is 9.91. The third-order valence-corrected chi connectivity index (χ3v) is 6.22. The molecule has 2 heterocycles. The van der Waals surface area contributed by atoms with Gasteiger partial charge >= 0.3 is 0 Å². The van der Waals surface area contributed by atoms with E-state index in [1.54, 1.807) is 29.1 Å². The number of amides is 2. The highest BCUT2D eigenvalue weighted by molar-refractivity contribution is 5.93.